The van der Waals surface area contributed by atoms with Gasteiger partial charge in [0.05, 0.1) is 18.8 Å². The topological polar surface area (TPSA) is 54.5 Å². The van der Waals surface area contributed by atoms with Gasteiger partial charge in [-0.25, -0.2) is 4.79 Å². The molecule has 5 nitrogen and oxygen atoms in total. The molecule has 1 aromatic carbocycles. The smallest absolute Gasteiger partial charge is 0.322 e. The number of anilines is 1. The number of urea groups is 1. The second kappa shape index (κ2) is 9.51. The molecule has 1 aliphatic heterocycles. The molecular weight excluding hydrogens is 338 g/mol. The Bertz CT molecular complexity index is 733. The normalized spacial score (nSPS) is 17.6. The first kappa shape index (κ1) is 19.4. The third-order valence-electron chi connectivity index (χ3n) is 4.87. The van der Waals surface area contributed by atoms with Crippen molar-refractivity contribution in [2.75, 3.05) is 11.9 Å². The highest BCUT2D eigenvalue weighted by atomic mass is 16.5. The molecule has 1 atom stereocenters. The molecule has 0 saturated carbocycles. The number of hydrogen-bond donors (Lipinski definition) is 1. The number of aromatic nitrogens is 1. The standard InChI is InChI=1S/C22H29N3O2/c1-17(2)27-16-18-7-6-8-20(15-18)24-22(26)25-14-5-3-4-9-21(25)19-10-12-23-13-11-19/h6-8,10-13,15,17,21H,3-5,9,14,16H2,1-2H3,(H,24,26). The molecule has 27 heavy (non-hydrogen) atoms. The van der Waals surface area contributed by atoms with E-state index in [4.69, 9.17) is 4.74 Å². The largest absolute Gasteiger partial charge is 0.374 e. The lowest BCUT2D eigenvalue weighted by molar-refractivity contribution is 0.0657. The molecule has 2 aromatic rings. The number of amides is 2. The van der Waals surface area contributed by atoms with E-state index in [-0.39, 0.29) is 18.2 Å². The van der Waals surface area contributed by atoms with Crippen molar-refractivity contribution in [3.63, 3.8) is 0 Å². The van der Waals surface area contributed by atoms with Crippen molar-refractivity contribution in [2.45, 2.75) is 58.3 Å². The summed E-state index contributed by atoms with van der Waals surface area (Å²) in [6, 6.07) is 12.0. The summed E-state index contributed by atoms with van der Waals surface area (Å²) in [5.41, 5.74) is 3.02. The number of ether oxygens (including phenoxy) is 1. The Hall–Kier alpha value is -2.40. The highest BCUT2D eigenvalue weighted by Crippen LogP contribution is 2.30. The van der Waals surface area contributed by atoms with E-state index in [1.807, 2.05) is 55.1 Å². The first-order valence-corrected chi connectivity index (χ1v) is 9.81. The van der Waals surface area contributed by atoms with Gasteiger partial charge in [0, 0.05) is 24.6 Å². The summed E-state index contributed by atoms with van der Waals surface area (Å²) in [6.07, 6.45) is 8.10. The molecule has 1 fully saturated rings. The molecule has 0 aliphatic carbocycles. The van der Waals surface area contributed by atoms with Crippen LogP contribution in [0.5, 0.6) is 0 Å². The molecule has 0 radical (unpaired) electrons. The van der Waals surface area contributed by atoms with Gasteiger partial charge < -0.3 is 15.0 Å². The average molecular weight is 367 g/mol. The lowest BCUT2D eigenvalue weighted by Crippen LogP contribution is -2.38. The molecule has 2 heterocycles. The van der Waals surface area contributed by atoms with Gasteiger partial charge in [-0.05, 0) is 62.1 Å². The molecule has 2 amide bonds. The number of likely N-dealkylation sites (tertiary alicyclic amines) is 1. The number of benzene rings is 1. The van der Waals surface area contributed by atoms with Gasteiger partial charge in [-0.15, -0.1) is 0 Å². The summed E-state index contributed by atoms with van der Waals surface area (Å²) in [6.45, 7) is 5.36. The van der Waals surface area contributed by atoms with Crippen LogP contribution >= 0.6 is 0 Å². The maximum Gasteiger partial charge on any atom is 0.322 e. The van der Waals surface area contributed by atoms with Gasteiger partial charge in [-0.1, -0.05) is 25.0 Å². The molecule has 1 N–H and O–H groups in total. The minimum Gasteiger partial charge on any atom is -0.374 e. The van der Waals surface area contributed by atoms with Gasteiger partial charge in [0.2, 0.25) is 0 Å². The van der Waals surface area contributed by atoms with Crippen molar-refractivity contribution in [1.82, 2.24) is 9.88 Å². The second-order valence-corrected chi connectivity index (χ2v) is 7.33. The first-order chi connectivity index (χ1) is 13.1. The number of nitrogens with one attached hydrogen (secondary N) is 1. The quantitative estimate of drug-likeness (QED) is 0.794. The molecule has 1 aromatic heterocycles. The lowest BCUT2D eigenvalue weighted by atomic mass is 10.0. The Morgan fingerprint density at radius 1 is 1.22 bits per heavy atom. The highest BCUT2D eigenvalue weighted by Gasteiger charge is 2.26. The Kier molecular flexibility index (Phi) is 6.82. The maximum absolute atomic E-state index is 13.0. The van der Waals surface area contributed by atoms with Crippen LogP contribution in [0.2, 0.25) is 0 Å². The van der Waals surface area contributed by atoms with E-state index < -0.39 is 0 Å². The summed E-state index contributed by atoms with van der Waals surface area (Å²) in [4.78, 5) is 19.1. The predicted octanol–water partition coefficient (Wildman–Crippen LogP) is 5.16. The zero-order valence-corrected chi connectivity index (χ0v) is 16.2. The van der Waals surface area contributed by atoms with Crippen LogP contribution in [0.4, 0.5) is 10.5 Å². The van der Waals surface area contributed by atoms with Gasteiger partial charge in [-0.2, -0.15) is 0 Å². The zero-order chi connectivity index (χ0) is 19.1. The van der Waals surface area contributed by atoms with E-state index in [0.717, 1.165) is 49.0 Å². The van der Waals surface area contributed by atoms with Crippen molar-refractivity contribution in [2.24, 2.45) is 0 Å². The summed E-state index contributed by atoms with van der Waals surface area (Å²) >= 11 is 0. The number of pyridine rings is 1. The van der Waals surface area contributed by atoms with Crippen LogP contribution in [0, 0.1) is 0 Å². The van der Waals surface area contributed by atoms with Crippen LogP contribution in [-0.4, -0.2) is 28.6 Å². The molecular formula is C22H29N3O2. The third kappa shape index (κ3) is 5.54. The molecule has 1 saturated heterocycles. The van der Waals surface area contributed by atoms with Crippen LogP contribution in [0.3, 0.4) is 0 Å². The van der Waals surface area contributed by atoms with Gasteiger partial charge in [0.1, 0.15) is 0 Å². The molecule has 1 unspecified atom stereocenters. The SMILES string of the molecule is CC(C)OCc1cccc(NC(=O)N2CCCCCC2c2ccncc2)c1. The third-order valence-corrected chi connectivity index (χ3v) is 4.87. The first-order valence-electron chi connectivity index (χ1n) is 9.81. The van der Waals surface area contributed by atoms with Gasteiger partial charge in [0.25, 0.3) is 0 Å². The second-order valence-electron chi connectivity index (χ2n) is 7.33. The average Bonchev–Trinajstić information content (AvgIpc) is 2.93. The number of nitrogens with zero attached hydrogens (tertiary/aromatic N) is 2. The Labute approximate surface area is 161 Å². The number of rotatable bonds is 5. The monoisotopic (exact) mass is 367 g/mol. The van der Waals surface area contributed by atoms with Crippen molar-refractivity contribution >= 4 is 11.7 Å². The number of carbonyl (C=O) groups is 1. The van der Waals surface area contributed by atoms with Crippen LogP contribution in [-0.2, 0) is 11.3 Å². The Morgan fingerprint density at radius 3 is 2.81 bits per heavy atom. The van der Waals surface area contributed by atoms with Gasteiger partial charge >= 0.3 is 6.03 Å². The summed E-state index contributed by atoms with van der Waals surface area (Å²) in [7, 11) is 0. The molecule has 5 heteroatoms. The molecule has 144 valence electrons. The van der Waals surface area contributed by atoms with E-state index in [0.29, 0.717) is 6.61 Å². The lowest BCUT2D eigenvalue weighted by Gasteiger charge is -2.30. The van der Waals surface area contributed by atoms with Crippen molar-refractivity contribution in [3.8, 4) is 0 Å². The predicted molar refractivity (Wildman–Crippen MR) is 108 cm³/mol. The fourth-order valence-electron chi connectivity index (χ4n) is 3.48. The molecule has 0 bridgehead atoms. The molecule has 3 rings (SSSR count). The van der Waals surface area contributed by atoms with E-state index in [1.165, 1.54) is 0 Å². The summed E-state index contributed by atoms with van der Waals surface area (Å²) in [5, 5.41) is 3.08. The van der Waals surface area contributed by atoms with Gasteiger partial charge in [0.15, 0.2) is 0 Å². The van der Waals surface area contributed by atoms with Crippen LogP contribution in [0.25, 0.3) is 0 Å². The van der Waals surface area contributed by atoms with E-state index in [9.17, 15) is 4.79 Å². The minimum absolute atomic E-state index is 0.0411. The summed E-state index contributed by atoms with van der Waals surface area (Å²) in [5.74, 6) is 0. The van der Waals surface area contributed by atoms with Gasteiger partial charge in [-0.3, -0.25) is 4.98 Å². The fraction of sp³-hybridized carbons (Fsp3) is 0.455. The number of hydrogen-bond acceptors (Lipinski definition) is 3. The van der Waals surface area contributed by atoms with E-state index in [2.05, 4.69) is 10.3 Å². The Morgan fingerprint density at radius 2 is 2.04 bits per heavy atom. The van der Waals surface area contributed by atoms with Crippen molar-refractivity contribution in [1.29, 1.82) is 0 Å². The molecule has 0 spiro atoms. The zero-order valence-electron chi connectivity index (χ0n) is 16.2. The highest BCUT2D eigenvalue weighted by molar-refractivity contribution is 5.89. The maximum atomic E-state index is 13.0. The minimum atomic E-state index is -0.0411. The fourth-order valence-corrected chi connectivity index (χ4v) is 3.48. The summed E-state index contributed by atoms with van der Waals surface area (Å²) < 4.78 is 5.67. The Balaban J connectivity index is 1.72. The van der Waals surface area contributed by atoms with Crippen molar-refractivity contribution in [3.05, 3.63) is 59.9 Å². The van der Waals surface area contributed by atoms with E-state index >= 15 is 0 Å². The van der Waals surface area contributed by atoms with Crippen LogP contribution in [0.15, 0.2) is 48.8 Å². The van der Waals surface area contributed by atoms with Crippen LogP contribution < -0.4 is 5.32 Å². The van der Waals surface area contributed by atoms with Crippen molar-refractivity contribution < 1.29 is 9.53 Å². The molecule has 1 aliphatic rings. The van der Waals surface area contributed by atoms with Crippen LogP contribution in [0.1, 0.15) is 56.7 Å². The number of carbonyl (C=O) groups excluding carboxylic acids is 1. The van der Waals surface area contributed by atoms with E-state index in [1.54, 1.807) is 12.4 Å².